The molecule has 3 aromatic rings. The van der Waals surface area contributed by atoms with E-state index in [0.717, 1.165) is 24.2 Å². The summed E-state index contributed by atoms with van der Waals surface area (Å²) in [5, 5.41) is 3.24. The molecule has 0 bridgehead atoms. The molecule has 0 aliphatic heterocycles. The maximum absolute atomic E-state index is 13.6. The zero-order valence-electron chi connectivity index (χ0n) is 17.5. The molecule has 0 radical (unpaired) electrons. The molecule has 2 aromatic heterocycles. The molecule has 12 heteroatoms. The van der Waals surface area contributed by atoms with E-state index >= 15 is 0 Å². The van der Waals surface area contributed by atoms with E-state index in [1.807, 2.05) is 12.1 Å². The van der Waals surface area contributed by atoms with Crippen molar-refractivity contribution in [3.63, 3.8) is 0 Å². The lowest BCUT2D eigenvalue weighted by molar-refractivity contribution is -0.171. The van der Waals surface area contributed by atoms with E-state index in [2.05, 4.69) is 19.6 Å². The van der Waals surface area contributed by atoms with Gasteiger partial charge in [0.05, 0.1) is 0 Å². The van der Waals surface area contributed by atoms with Crippen LogP contribution in [0.2, 0.25) is 0 Å². The van der Waals surface area contributed by atoms with Gasteiger partial charge in [-0.1, -0.05) is 48.3 Å². The van der Waals surface area contributed by atoms with Gasteiger partial charge in [-0.15, -0.1) is 0 Å². The van der Waals surface area contributed by atoms with Crippen molar-refractivity contribution in [2.75, 3.05) is 4.90 Å². The SMILES string of the molecule is O=C(N(c1ccc(-c2noc(C(F)(F)F)n2)cn1)[C@@H]1CCCC[C@H]1c1ccccc1)C(F)(F)F. The number of carbonyl (C=O) groups is 1. The molecule has 2 heterocycles. The molecule has 2 atom stereocenters. The Hall–Kier alpha value is -3.44. The van der Waals surface area contributed by atoms with Gasteiger partial charge >= 0.3 is 24.2 Å². The smallest absolute Gasteiger partial charge is 0.329 e. The van der Waals surface area contributed by atoms with Crippen LogP contribution < -0.4 is 4.90 Å². The van der Waals surface area contributed by atoms with Crippen LogP contribution in [-0.4, -0.2) is 33.2 Å². The normalized spacial score (nSPS) is 19.1. The number of aromatic nitrogens is 3. The third-order valence-electron chi connectivity index (χ3n) is 5.67. The van der Waals surface area contributed by atoms with Gasteiger partial charge in [-0.3, -0.25) is 9.69 Å². The van der Waals surface area contributed by atoms with Crippen molar-refractivity contribution >= 4 is 11.7 Å². The molecule has 0 spiro atoms. The first-order chi connectivity index (χ1) is 16.1. The highest BCUT2D eigenvalue weighted by Gasteiger charge is 2.48. The number of amides is 1. The first kappa shape index (κ1) is 23.7. The molecule has 1 saturated carbocycles. The van der Waals surface area contributed by atoms with E-state index in [4.69, 9.17) is 0 Å². The van der Waals surface area contributed by atoms with Gasteiger partial charge in [-0.05, 0) is 30.5 Å². The van der Waals surface area contributed by atoms with E-state index in [1.54, 1.807) is 18.2 Å². The maximum Gasteiger partial charge on any atom is 0.471 e. The fraction of sp³-hybridized carbons (Fsp3) is 0.364. The summed E-state index contributed by atoms with van der Waals surface area (Å²) in [5.41, 5.74) is 0.806. The predicted molar refractivity (Wildman–Crippen MR) is 108 cm³/mol. The number of hydrogen-bond acceptors (Lipinski definition) is 5. The van der Waals surface area contributed by atoms with Crippen molar-refractivity contribution in [2.24, 2.45) is 0 Å². The lowest BCUT2D eigenvalue weighted by atomic mass is 9.79. The van der Waals surface area contributed by atoms with Crippen LogP contribution in [0.4, 0.5) is 32.2 Å². The molecule has 1 aliphatic carbocycles. The highest BCUT2D eigenvalue weighted by molar-refractivity contribution is 5.97. The summed E-state index contributed by atoms with van der Waals surface area (Å²) in [5.74, 6) is -4.65. The second kappa shape index (κ2) is 9.07. The Labute approximate surface area is 189 Å². The van der Waals surface area contributed by atoms with Crippen LogP contribution in [0.15, 0.2) is 53.2 Å². The lowest BCUT2D eigenvalue weighted by Crippen LogP contribution is -2.51. The van der Waals surface area contributed by atoms with Crippen molar-refractivity contribution in [3.05, 3.63) is 60.1 Å². The third-order valence-corrected chi connectivity index (χ3v) is 5.67. The summed E-state index contributed by atoms with van der Waals surface area (Å²) < 4.78 is 83.0. The predicted octanol–water partition coefficient (Wildman–Crippen LogP) is 5.77. The quantitative estimate of drug-likeness (QED) is 0.440. The molecule has 0 saturated heterocycles. The molecule has 0 unspecified atom stereocenters. The van der Waals surface area contributed by atoms with Crippen LogP contribution in [0, 0.1) is 0 Å². The minimum absolute atomic E-state index is 0.00865. The Bertz CT molecular complexity index is 1130. The van der Waals surface area contributed by atoms with Crippen molar-refractivity contribution in [2.45, 2.75) is 50.0 Å². The van der Waals surface area contributed by atoms with E-state index in [1.165, 1.54) is 6.07 Å². The fourth-order valence-electron chi connectivity index (χ4n) is 4.19. The second-order valence-corrected chi connectivity index (χ2v) is 7.87. The Balaban J connectivity index is 1.70. The zero-order valence-corrected chi connectivity index (χ0v) is 17.5. The first-order valence-electron chi connectivity index (χ1n) is 10.4. The molecule has 34 heavy (non-hydrogen) atoms. The zero-order chi connectivity index (χ0) is 24.5. The molecule has 1 aromatic carbocycles. The summed E-state index contributed by atoms with van der Waals surface area (Å²) in [6, 6.07) is 10.5. The summed E-state index contributed by atoms with van der Waals surface area (Å²) in [7, 11) is 0. The van der Waals surface area contributed by atoms with Gasteiger partial charge in [0.25, 0.3) is 0 Å². The average Bonchev–Trinajstić information content (AvgIpc) is 3.31. The van der Waals surface area contributed by atoms with Crippen LogP contribution in [0.25, 0.3) is 11.4 Å². The van der Waals surface area contributed by atoms with Gasteiger partial charge < -0.3 is 4.52 Å². The second-order valence-electron chi connectivity index (χ2n) is 7.87. The monoisotopic (exact) mass is 484 g/mol. The average molecular weight is 484 g/mol. The molecule has 4 rings (SSSR count). The Morgan fingerprint density at radius 1 is 0.971 bits per heavy atom. The summed E-state index contributed by atoms with van der Waals surface area (Å²) in [6.07, 6.45) is -6.61. The molecule has 1 fully saturated rings. The number of carbonyl (C=O) groups excluding carboxylic acids is 1. The van der Waals surface area contributed by atoms with E-state index in [0.29, 0.717) is 24.2 Å². The third kappa shape index (κ3) is 4.90. The number of nitrogens with zero attached hydrogens (tertiary/aromatic N) is 4. The van der Waals surface area contributed by atoms with Crippen LogP contribution in [0.5, 0.6) is 0 Å². The van der Waals surface area contributed by atoms with Crippen LogP contribution >= 0.6 is 0 Å². The first-order valence-corrected chi connectivity index (χ1v) is 10.4. The van der Waals surface area contributed by atoms with Crippen LogP contribution in [-0.2, 0) is 11.0 Å². The topological polar surface area (TPSA) is 72.1 Å². The van der Waals surface area contributed by atoms with Gasteiger partial charge in [-0.25, -0.2) is 4.98 Å². The Morgan fingerprint density at radius 3 is 2.26 bits per heavy atom. The highest BCUT2D eigenvalue weighted by atomic mass is 19.4. The number of hydrogen-bond donors (Lipinski definition) is 0. The molecule has 1 aliphatic rings. The molecule has 6 nitrogen and oxygen atoms in total. The van der Waals surface area contributed by atoms with E-state index in [9.17, 15) is 31.1 Å². The van der Waals surface area contributed by atoms with Crippen LogP contribution in [0.1, 0.15) is 43.1 Å². The summed E-state index contributed by atoms with van der Waals surface area (Å²) in [6.45, 7) is 0. The number of halogens is 6. The largest absolute Gasteiger partial charge is 0.471 e. The summed E-state index contributed by atoms with van der Waals surface area (Å²) >= 11 is 0. The number of alkyl halides is 6. The minimum atomic E-state index is -5.14. The van der Waals surface area contributed by atoms with Gasteiger partial charge in [0.2, 0.25) is 5.82 Å². The van der Waals surface area contributed by atoms with Gasteiger partial charge in [-0.2, -0.15) is 31.3 Å². The molecule has 0 N–H and O–H groups in total. The van der Waals surface area contributed by atoms with Crippen LogP contribution in [0.3, 0.4) is 0 Å². The molecule has 1 amide bonds. The van der Waals surface area contributed by atoms with Crippen molar-refractivity contribution in [1.29, 1.82) is 0 Å². The fourth-order valence-corrected chi connectivity index (χ4v) is 4.19. The molecular weight excluding hydrogens is 466 g/mol. The molecular formula is C22H18F6N4O2. The number of pyridine rings is 1. The standard InChI is InChI=1S/C22H18F6N4O2/c23-21(24,25)19-30-18(31-34-19)14-10-11-17(29-12-14)32(20(33)22(26,27)28)16-9-5-4-8-15(16)13-6-2-1-3-7-13/h1-3,6-7,10-12,15-16H,4-5,8-9H2/t15-,16+/m0/s1. The van der Waals surface area contributed by atoms with Crippen molar-refractivity contribution < 1.29 is 35.7 Å². The Morgan fingerprint density at radius 2 is 1.68 bits per heavy atom. The van der Waals surface area contributed by atoms with Crippen molar-refractivity contribution in [1.82, 2.24) is 15.1 Å². The van der Waals surface area contributed by atoms with Gasteiger partial charge in [0.15, 0.2) is 0 Å². The van der Waals surface area contributed by atoms with E-state index in [-0.39, 0.29) is 17.3 Å². The van der Waals surface area contributed by atoms with E-state index < -0.39 is 36.0 Å². The van der Waals surface area contributed by atoms with Gasteiger partial charge in [0, 0.05) is 23.7 Å². The highest BCUT2D eigenvalue weighted by Crippen LogP contribution is 2.39. The lowest BCUT2D eigenvalue weighted by Gasteiger charge is -2.40. The van der Waals surface area contributed by atoms with Gasteiger partial charge in [0.1, 0.15) is 5.82 Å². The number of benzene rings is 1. The van der Waals surface area contributed by atoms with Crippen molar-refractivity contribution in [3.8, 4) is 11.4 Å². The molecule has 180 valence electrons. The number of anilines is 1. The number of rotatable bonds is 4. The maximum atomic E-state index is 13.6. The summed E-state index contributed by atoms with van der Waals surface area (Å²) in [4.78, 5) is 20.4. The Kier molecular flexibility index (Phi) is 6.32. The minimum Gasteiger partial charge on any atom is -0.329 e.